The summed E-state index contributed by atoms with van der Waals surface area (Å²) >= 11 is 0. The Kier molecular flexibility index (Phi) is 7.45. The van der Waals surface area contributed by atoms with Crippen LogP contribution < -0.4 is 0 Å². The van der Waals surface area contributed by atoms with Crippen molar-refractivity contribution in [3.05, 3.63) is 11.3 Å². The third kappa shape index (κ3) is 4.16. The van der Waals surface area contributed by atoms with E-state index in [-0.39, 0.29) is 32.0 Å². The SMILES string of the molecule is CCCCN1CC(C(C)=O)(C(=O)OCC)CC(C(=O)OCC)=C1C. The van der Waals surface area contributed by atoms with Crippen molar-refractivity contribution in [3.8, 4) is 0 Å². The van der Waals surface area contributed by atoms with Crippen LogP contribution in [-0.4, -0.2) is 48.9 Å². The average Bonchev–Trinajstić information content (AvgIpc) is 2.54. The van der Waals surface area contributed by atoms with E-state index >= 15 is 0 Å². The van der Waals surface area contributed by atoms with Crippen molar-refractivity contribution >= 4 is 17.7 Å². The molecule has 0 fully saturated rings. The van der Waals surface area contributed by atoms with E-state index in [1.807, 2.05) is 11.8 Å². The van der Waals surface area contributed by atoms with Crippen molar-refractivity contribution in [3.63, 3.8) is 0 Å². The van der Waals surface area contributed by atoms with Crippen LogP contribution in [0.1, 0.15) is 53.9 Å². The van der Waals surface area contributed by atoms with Gasteiger partial charge in [-0.3, -0.25) is 9.59 Å². The molecule has 1 atom stereocenters. The molecule has 0 saturated heterocycles. The molecule has 0 radical (unpaired) electrons. The fraction of sp³-hybridized carbons (Fsp3) is 0.722. The van der Waals surface area contributed by atoms with E-state index in [4.69, 9.17) is 9.47 Å². The fourth-order valence-electron chi connectivity index (χ4n) is 2.94. The zero-order chi connectivity index (χ0) is 18.3. The molecule has 0 aromatic carbocycles. The number of ketones is 1. The van der Waals surface area contributed by atoms with Gasteiger partial charge in [-0.1, -0.05) is 13.3 Å². The van der Waals surface area contributed by atoms with E-state index in [2.05, 4.69) is 6.92 Å². The van der Waals surface area contributed by atoms with Crippen LogP contribution in [0.5, 0.6) is 0 Å². The van der Waals surface area contributed by atoms with E-state index in [0.29, 0.717) is 12.1 Å². The predicted octanol–water partition coefficient (Wildman–Crippen LogP) is 2.47. The van der Waals surface area contributed by atoms with Crippen molar-refractivity contribution in [2.45, 2.75) is 53.9 Å². The average molecular weight is 339 g/mol. The minimum absolute atomic E-state index is 0.0362. The fourth-order valence-corrected chi connectivity index (χ4v) is 2.94. The molecule has 0 aliphatic carbocycles. The summed E-state index contributed by atoms with van der Waals surface area (Å²) in [5.74, 6) is -1.31. The van der Waals surface area contributed by atoms with Gasteiger partial charge in [0.25, 0.3) is 0 Å². The van der Waals surface area contributed by atoms with Gasteiger partial charge in [0.2, 0.25) is 0 Å². The topological polar surface area (TPSA) is 72.9 Å². The molecular weight excluding hydrogens is 310 g/mol. The molecule has 0 spiro atoms. The van der Waals surface area contributed by atoms with Crippen LogP contribution in [0, 0.1) is 5.41 Å². The zero-order valence-electron chi connectivity index (χ0n) is 15.4. The number of carbonyl (C=O) groups is 3. The van der Waals surface area contributed by atoms with Gasteiger partial charge in [0, 0.05) is 25.2 Å². The molecule has 0 aromatic heterocycles. The largest absolute Gasteiger partial charge is 0.465 e. The summed E-state index contributed by atoms with van der Waals surface area (Å²) in [5.41, 5.74) is -0.170. The molecular formula is C18H29NO5. The quantitative estimate of drug-likeness (QED) is 0.500. The molecule has 0 N–H and O–H groups in total. The van der Waals surface area contributed by atoms with Gasteiger partial charge < -0.3 is 14.4 Å². The molecule has 1 unspecified atom stereocenters. The first-order valence-electron chi connectivity index (χ1n) is 8.64. The first kappa shape index (κ1) is 20.2. The molecule has 0 aromatic rings. The van der Waals surface area contributed by atoms with E-state index in [1.165, 1.54) is 6.92 Å². The number of Topliss-reactive ketones (excluding diaryl/α,β-unsaturated/α-hetero) is 1. The maximum atomic E-state index is 12.6. The van der Waals surface area contributed by atoms with Crippen LogP contribution >= 0.6 is 0 Å². The summed E-state index contributed by atoms with van der Waals surface area (Å²) in [4.78, 5) is 39.2. The van der Waals surface area contributed by atoms with E-state index in [9.17, 15) is 14.4 Å². The number of rotatable bonds is 8. The normalized spacial score (nSPS) is 20.8. The highest BCUT2D eigenvalue weighted by Gasteiger charge is 2.50. The number of hydrogen-bond donors (Lipinski definition) is 0. The third-order valence-electron chi connectivity index (χ3n) is 4.49. The number of ether oxygens (including phenoxy) is 2. The minimum atomic E-state index is -1.34. The lowest BCUT2D eigenvalue weighted by molar-refractivity contribution is -0.161. The van der Waals surface area contributed by atoms with Crippen molar-refractivity contribution in [2.75, 3.05) is 26.3 Å². The Bertz CT molecular complexity index is 526. The lowest BCUT2D eigenvalue weighted by Gasteiger charge is -2.41. The molecule has 1 rings (SSSR count). The highest BCUT2D eigenvalue weighted by molar-refractivity contribution is 6.05. The Morgan fingerprint density at radius 2 is 1.75 bits per heavy atom. The van der Waals surface area contributed by atoms with Gasteiger partial charge in [-0.2, -0.15) is 0 Å². The van der Waals surface area contributed by atoms with Gasteiger partial charge in [-0.05, 0) is 34.1 Å². The number of unbranched alkanes of at least 4 members (excludes halogenated alkanes) is 1. The maximum absolute atomic E-state index is 12.6. The van der Waals surface area contributed by atoms with Crippen LogP contribution in [0.2, 0.25) is 0 Å². The molecule has 1 heterocycles. The van der Waals surface area contributed by atoms with Gasteiger partial charge in [0.15, 0.2) is 0 Å². The predicted molar refractivity (Wildman–Crippen MR) is 90.2 cm³/mol. The third-order valence-corrected chi connectivity index (χ3v) is 4.49. The van der Waals surface area contributed by atoms with E-state index in [0.717, 1.165) is 18.5 Å². The van der Waals surface area contributed by atoms with Crippen molar-refractivity contribution in [1.29, 1.82) is 0 Å². The number of nitrogens with zero attached hydrogens (tertiary/aromatic N) is 1. The Hall–Kier alpha value is -1.85. The summed E-state index contributed by atoms with van der Waals surface area (Å²) < 4.78 is 10.3. The molecule has 6 nitrogen and oxygen atoms in total. The number of allylic oxidation sites excluding steroid dienone is 1. The first-order chi connectivity index (χ1) is 11.3. The van der Waals surface area contributed by atoms with Crippen LogP contribution in [0.15, 0.2) is 11.3 Å². The highest BCUT2D eigenvalue weighted by Crippen LogP contribution is 2.38. The Morgan fingerprint density at radius 1 is 1.12 bits per heavy atom. The lowest BCUT2D eigenvalue weighted by atomic mass is 9.74. The second-order valence-electron chi connectivity index (χ2n) is 6.10. The second-order valence-corrected chi connectivity index (χ2v) is 6.10. The second kappa shape index (κ2) is 8.85. The molecule has 6 heteroatoms. The minimum Gasteiger partial charge on any atom is -0.465 e. The van der Waals surface area contributed by atoms with Crippen molar-refractivity contribution < 1.29 is 23.9 Å². The van der Waals surface area contributed by atoms with Crippen LogP contribution in [-0.2, 0) is 23.9 Å². The summed E-state index contributed by atoms with van der Waals surface area (Å²) in [7, 11) is 0. The van der Waals surface area contributed by atoms with Crippen LogP contribution in [0.25, 0.3) is 0 Å². The van der Waals surface area contributed by atoms with E-state index < -0.39 is 17.4 Å². The molecule has 24 heavy (non-hydrogen) atoms. The number of hydrogen-bond acceptors (Lipinski definition) is 6. The molecule has 136 valence electrons. The molecule has 1 aliphatic heterocycles. The maximum Gasteiger partial charge on any atom is 0.335 e. The first-order valence-corrected chi connectivity index (χ1v) is 8.64. The van der Waals surface area contributed by atoms with Gasteiger partial charge in [0.05, 0.1) is 18.8 Å². The summed E-state index contributed by atoms with van der Waals surface area (Å²) in [6.07, 6.45) is 1.92. The highest BCUT2D eigenvalue weighted by atomic mass is 16.5. The molecule has 0 saturated carbocycles. The lowest BCUT2D eigenvalue weighted by Crippen LogP contribution is -2.52. The van der Waals surface area contributed by atoms with Crippen molar-refractivity contribution in [2.24, 2.45) is 5.41 Å². The van der Waals surface area contributed by atoms with Gasteiger partial charge in [-0.15, -0.1) is 0 Å². The smallest absolute Gasteiger partial charge is 0.335 e. The van der Waals surface area contributed by atoms with Crippen LogP contribution in [0.3, 0.4) is 0 Å². The Balaban J connectivity index is 3.32. The Labute approximate surface area is 144 Å². The molecule has 1 aliphatic rings. The zero-order valence-corrected chi connectivity index (χ0v) is 15.4. The van der Waals surface area contributed by atoms with Gasteiger partial charge >= 0.3 is 11.9 Å². The summed E-state index contributed by atoms with van der Waals surface area (Å²) in [6, 6.07) is 0. The molecule has 0 amide bonds. The number of carbonyl (C=O) groups excluding carboxylic acids is 3. The number of esters is 2. The molecule has 0 bridgehead atoms. The van der Waals surface area contributed by atoms with Crippen molar-refractivity contribution in [1.82, 2.24) is 4.90 Å². The van der Waals surface area contributed by atoms with E-state index in [1.54, 1.807) is 13.8 Å². The van der Waals surface area contributed by atoms with Gasteiger partial charge in [-0.25, -0.2) is 4.79 Å². The monoisotopic (exact) mass is 339 g/mol. The summed E-state index contributed by atoms with van der Waals surface area (Å²) in [6.45, 7) is 10.1. The standard InChI is InChI=1S/C18H29NO5/c1-6-9-10-19-12-18(14(5)20,17(22)24-8-3)11-15(13(19)4)16(21)23-7-2/h6-12H2,1-5H3. The van der Waals surface area contributed by atoms with Crippen LogP contribution in [0.4, 0.5) is 0 Å². The Morgan fingerprint density at radius 3 is 2.25 bits per heavy atom. The summed E-state index contributed by atoms with van der Waals surface area (Å²) in [5, 5.41) is 0. The van der Waals surface area contributed by atoms with Gasteiger partial charge in [0.1, 0.15) is 11.2 Å².